The lowest BCUT2D eigenvalue weighted by atomic mass is 9.85. The molecule has 2 aromatic rings. The first-order valence-corrected chi connectivity index (χ1v) is 13.5. The molecule has 10 heteroatoms. The van der Waals surface area contributed by atoms with Gasteiger partial charge in [0.25, 0.3) is 0 Å². The molecule has 1 aliphatic rings. The fourth-order valence-corrected chi connectivity index (χ4v) is 5.01. The van der Waals surface area contributed by atoms with E-state index < -0.39 is 23.3 Å². The zero-order valence-corrected chi connectivity index (χ0v) is 24.5. The predicted molar refractivity (Wildman–Crippen MR) is 150 cm³/mol. The quantitative estimate of drug-likeness (QED) is 0.167. The molecule has 0 fully saturated rings. The van der Waals surface area contributed by atoms with Crippen molar-refractivity contribution >= 4 is 23.8 Å². The van der Waals surface area contributed by atoms with Gasteiger partial charge >= 0.3 is 17.9 Å². The number of esters is 3. The Balaban J connectivity index is 1.92. The normalized spacial score (nSPS) is 16.6. The fraction of sp³-hybridized carbons (Fsp3) is 0.484. The second-order valence-electron chi connectivity index (χ2n) is 10.7. The van der Waals surface area contributed by atoms with Crippen LogP contribution in [0.1, 0.15) is 68.5 Å². The van der Waals surface area contributed by atoms with Gasteiger partial charge in [0.15, 0.2) is 0 Å². The lowest BCUT2D eigenvalue weighted by molar-refractivity contribution is -0.132. The van der Waals surface area contributed by atoms with Crippen LogP contribution in [-0.4, -0.2) is 71.2 Å². The van der Waals surface area contributed by atoms with E-state index in [4.69, 9.17) is 23.7 Å². The maximum Gasteiger partial charge on any atom is 0.339 e. The van der Waals surface area contributed by atoms with Crippen molar-refractivity contribution in [3.63, 3.8) is 0 Å². The molecule has 2 atom stereocenters. The summed E-state index contributed by atoms with van der Waals surface area (Å²) >= 11 is 0. The van der Waals surface area contributed by atoms with Crippen molar-refractivity contribution < 1.29 is 42.9 Å². The Hall–Kier alpha value is -3.76. The van der Waals surface area contributed by atoms with Gasteiger partial charge in [0, 0.05) is 13.5 Å². The van der Waals surface area contributed by atoms with E-state index in [2.05, 4.69) is 5.32 Å². The number of nitrogens with one attached hydrogen (secondary N) is 1. The highest BCUT2D eigenvalue weighted by molar-refractivity contribution is 6.06. The molecule has 0 unspecified atom stereocenters. The van der Waals surface area contributed by atoms with Gasteiger partial charge in [-0.3, -0.25) is 4.79 Å². The Bertz CT molecular complexity index is 1260. The third-order valence-corrected chi connectivity index (χ3v) is 7.32. The monoisotopic (exact) mass is 569 g/mol. The number of methoxy groups -OCH3 is 3. The number of ether oxygens (including phenoxy) is 5. The number of amides is 1. The van der Waals surface area contributed by atoms with Gasteiger partial charge in [-0.05, 0) is 47.6 Å². The summed E-state index contributed by atoms with van der Waals surface area (Å²) in [6.45, 7) is 6.17. The van der Waals surface area contributed by atoms with E-state index in [0.717, 1.165) is 5.56 Å². The first-order valence-electron chi connectivity index (χ1n) is 13.5. The molecule has 0 heterocycles. The summed E-state index contributed by atoms with van der Waals surface area (Å²) < 4.78 is 26.0. The summed E-state index contributed by atoms with van der Waals surface area (Å²) in [5.41, 5.74) is 1.40. The average molecular weight is 570 g/mol. The molecule has 3 rings (SSSR count). The zero-order chi connectivity index (χ0) is 30.2. The Morgan fingerprint density at radius 2 is 1.59 bits per heavy atom. The molecule has 1 aliphatic carbocycles. The number of benzene rings is 2. The van der Waals surface area contributed by atoms with Crippen LogP contribution in [0, 0.1) is 11.3 Å². The van der Waals surface area contributed by atoms with Gasteiger partial charge in [-0.25, -0.2) is 14.4 Å². The largest absolute Gasteiger partial charge is 0.465 e. The van der Waals surface area contributed by atoms with Crippen LogP contribution in [0.5, 0.6) is 0 Å². The van der Waals surface area contributed by atoms with Crippen LogP contribution in [0.2, 0.25) is 0 Å². The van der Waals surface area contributed by atoms with Crippen molar-refractivity contribution in [2.24, 2.45) is 11.3 Å². The standard InChI is InChI=1S/C31H39NO9/c1-19(2)24(17-40-18-37-4)32-30(36)31(3)15-22-14-21(12-13-41-27(33)20-10-8-7-9-11-20)25(28(34)38-5)26(23(22)16-31)29(35)39-6/h7-11,14,19,24H,12-13,15-18H2,1-6H3,(H,32,36)/t24-,31+/m1/s1. The van der Waals surface area contributed by atoms with Crippen LogP contribution in [-0.2, 0) is 47.7 Å². The summed E-state index contributed by atoms with van der Waals surface area (Å²) in [5.74, 6) is -2.02. The lowest BCUT2D eigenvalue weighted by Gasteiger charge is -2.29. The molecule has 0 spiro atoms. The molecule has 1 amide bonds. The van der Waals surface area contributed by atoms with Crippen molar-refractivity contribution in [3.8, 4) is 0 Å². The summed E-state index contributed by atoms with van der Waals surface area (Å²) in [6.07, 6.45) is 0.700. The van der Waals surface area contributed by atoms with Crippen LogP contribution >= 0.6 is 0 Å². The van der Waals surface area contributed by atoms with Crippen molar-refractivity contribution in [2.45, 2.75) is 46.1 Å². The summed E-state index contributed by atoms with van der Waals surface area (Å²) in [6, 6.07) is 10.1. The maximum atomic E-state index is 13.6. The van der Waals surface area contributed by atoms with Gasteiger partial charge in [0.1, 0.15) is 6.79 Å². The minimum Gasteiger partial charge on any atom is -0.465 e. The molecular formula is C31H39NO9. The molecule has 0 aromatic heterocycles. The third-order valence-electron chi connectivity index (χ3n) is 7.32. The summed E-state index contributed by atoms with van der Waals surface area (Å²) in [5, 5.41) is 3.10. The molecule has 1 N–H and O–H groups in total. The van der Waals surface area contributed by atoms with Crippen molar-refractivity contribution in [3.05, 3.63) is 69.8 Å². The molecule has 0 saturated carbocycles. The van der Waals surface area contributed by atoms with E-state index in [9.17, 15) is 19.2 Å². The highest BCUT2D eigenvalue weighted by Gasteiger charge is 2.44. The Morgan fingerprint density at radius 1 is 0.927 bits per heavy atom. The van der Waals surface area contributed by atoms with Crippen LogP contribution < -0.4 is 5.32 Å². The highest BCUT2D eigenvalue weighted by atomic mass is 16.7. The number of carbonyl (C=O) groups is 4. The number of rotatable bonds is 13. The van der Waals surface area contributed by atoms with Crippen molar-refractivity contribution in [1.29, 1.82) is 0 Å². The zero-order valence-electron chi connectivity index (χ0n) is 24.5. The second kappa shape index (κ2) is 14.2. The number of carbonyl (C=O) groups excluding carboxylic acids is 4. The van der Waals surface area contributed by atoms with Crippen molar-refractivity contribution in [2.75, 3.05) is 41.3 Å². The maximum absolute atomic E-state index is 13.6. The van der Waals surface area contributed by atoms with Gasteiger partial charge < -0.3 is 29.0 Å². The van der Waals surface area contributed by atoms with Crippen molar-refractivity contribution in [1.82, 2.24) is 5.32 Å². The first kappa shape index (κ1) is 31.8. The topological polar surface area (TPSA) is 126 Å². The van der Waals surface area contributed by atoms with E-state index in [1.807, 2.05) is 20.8 Å². The van der Waals surface area contributed by atoms with Gasteiger partial charge in [0.05, 0.1) is 55.6 Å². The van der Waals surface area contributed by atoms with E-state index in [1.54, 1.807) is 36.4 Å². The summed E-state index contributed by atoms with van der Waals surface area (Å²) in [4.78, 5) is 52.1. The third kappa shape index (κ3) is 7.51. The predicted octanol–water partition coefficient (Wildman–Crippen LogP) is 3.53. The van der Waals surface area contributed by atoms with Crippen LogP contribution in [0.15, 0.2) is 36.4 Å². The minimum atomic E-state index is -0.898. The van der Waals surface area contributed by atoms with Gasteiger partial charge in [-0.2, -0.15) is 0 Å². The smallest absolute Gasteiger partial charge is 0.339 e. The van der Waals surface area contributed by atoms with Crippen LogP contribution in [0.4, 0.5) is 0 Å². The average Bonchev–Trinajstić information content (AvgIpc) is 3.32. The molecule has 222 valence electrons. The molecule has 10 nitrogen and oxygen atoms in total. The van der Waals surface area contributed by atoms with Crippen LogP contribution in [0.3, 0.4) is 0 Å². The SMILES string of the molecule is COCOC[C@@H](NC(=O)[C@@]1(C)Cc2cc(CCOC(=O)c3ccccc3)c(C(=O)OC)c(C(=O)OC)c2C1)C(C)C. The molecule has 0 saturated heterocycles. The van der Waals surface area contributed by atoms with Gasteiger partial charge in [0.2, 0.25) is 5.91 Å². The number of hydrogen-bond acceptors (Lipinski definition) is 9. The van der Waals surface area contributed by atoms with E-state index in [-0.39, 0.29) is 61.8 Å². The second-order valence-corrected chi connectivity index (χ2v) is 10.7. The molecule has 0 bridgehead atoms. The van der Waals surface area contributed by atoms with Gasteiger partial charge in [-0.1, -0.05) is 45.0 Å². The van der Waals surface area contributed by atoms with Crippen LogP contribution in [0.25, 0.3) is 0 Å². The lowest BCUT2D eigenvalue weighted by Crippen LogP contribution is -2.48. The Kier molecular flexibility index (Phi) is 11.0. The molecule has 41 heavy (non-hydrogen) atoms. The minimum absolute atomic E-state index is 0.0353. The molecular weight excluding hydrogens is 530 g/mol. The highest BCUT2D eigenvalue weighted by Crippen LogP contribution is 2.41. The molecule has 0 aliphatic heterocycles. The first-order chi connectivity index (χ1) is 19.6. The van der Waals surface area contributed by atoms with E-state index in [1.165, 1.54) is 21.3 Å². The number of hydrogen-bond donors (Lipinski definition) is 1. The summed E-state index contributed by atoms with van der Waals surface area (Å²) in [7, 11) is 3.99. The van der Waals surface area contributed by atoms with Gasteiger partial charge in [-0.15, -0.1) is 0 Å². The number of fused-ring (bicyclic) bond motifs is 1. The fourth-order valence-electron chi connectivity index (χ4n) is 5.01. The molecule has 0 radical (unpaired) electrons. The molecule has 2 aromatic carbocycles. The Labute approximate surface area is 240 Å². The van der Waals surface area contributed by atoms with E-state index in [0.29, 0.717) is 23.1 Å². The Morgan fingerprint density at radius 3 is 2.20 bits per heavy atom. The van der Waals surface area contributed by atoms with E-state index >= 15 is 0 Å².